The summed E-state index contributed by atoms with van der Waals surface area (Å²) in [7, 11) is 0. The van der Waals surface area contributed by atoms with Gasteiger partial charge in [0, 0.05) is 11.6 Å². The van der Waals surface area contributed by atoms with Crippen LogP contribution in [0.4, 0.5) is 10.2 Å². The number of halogens is 1. The third-order valence-electron chi connectivity index (χ3n) is 4.61. The number of benzene rings is 2. The molecule has 0 unspecified atom stereocenters. The Labute approximate surface area is 164 Å². The van der Waals surface area contributed by atoms with Crippen LogP contribution >= 0.6 is 0 Å². The van der Waals surface area contributed by atoms with Crippen LogP contribution in [0.3, 0.4) is 0 Å². The fourth-order valence-electron chi connectivity index (χ4n) is 3.31. The van der Waals surface area contributed by atoms with Gasteiger partial charge in [-0.2, -0.15) is 0 Å². The number of phenols is 1. The second-order valence-corrected chi connectivity index (χ2v) is 6.57. The molecular formula is C21H15FN2O5. The lowest BCUT2D eigenvalue weighted by molar-refractivity contribution is -0.132. The number of aliphatic hydroxyl groups is 1. The second-order valence-electron chi connectivity index (χ2n) is 6.57. The van der Waals surface area contributed by atoms with E-state index in [0.717, 1.165) is 17.0 Å². The first-order valence-electron chi connectivity index (χ1n) is 8.66. The van der Waals surface area contributed by atoms with Gasteiger partial charge in [0.1, 0.15) is 23.1 Å². The lowest BCUT2D eigenvalue weighted by atomic mass is 9.95. The number of aryl methyl sites for hydroxylation is 1. The van der Waals surface area contributed by atoms with E-state index in [9.17, 15) is 24.2 Å². The van der Waals surface area contributed by atoms with Crippen LogP contribution in [0.15, 0.2) is 64.7 Å². The molecular weight excluding hydrogens is 379 g/mol. The topological polar surface area (TPSA) is 104 Å². The van der Waals surface area contributed by atoms with E-state index in [4.69, 9.17) is 4.52 Å². The molecule has 3 aromatic rings. The normalized spacial score (nSPS) is 18.4. The largest absolute Gasteiger partial charge is 0.508 e. The number of aliphatic hydroxyl groups excluding tert-OH is 1. The number of aromatic hydroxyl groups is 1. The highest BCUT2D eigenvalue weighted by Crippen LogP contribution is 2.42. The molecule has 0 aliphatic carbocycles. The molecule has 1 fully saturated rings. The zero-order valence-corrected chi connectivity index (χ0v) is 15.2. The molecule has 0 bridgehead atoms. The van der Waals surface area contributed by atoms with Crippen molar-refractivity contribution in [1.29, 1.82) is 0 Å². The van der Waals surface area contributed by atoms with E-state index < -0.39 is 29.3 Å². The Kier molecular flexibility index (Phi) is 4.38. The molecule has 7 nitrogen and oxygen atoms in total. The number of hydrogen-bond acceptors (Lipinski definition) is 6. The first-order valence-corrected chi connectivity index (χ1v) is 8.66. The van der Waals surface area contributed by atoms with Crippen molar-refractivity contribution < 1.29 is 28.7 Å². The number of carbonyl (C=O) groups excluding carboxylic acids is 2. The van der Waals surface area contributed by atoms with Crippen molar-refractivity contribution >= 4 is 23.3 Å². The maximum Gasteiger partial charge on any atom is 0.301 e. The molecule has 1 aromatic heterocycles. The van der Waals surface area contributed by atoms with E-state index in [-0.39, 0.29) is 22.7 Å². The second kappa shape index (κ2) is 6.90. The molecule has 4 rings (SSSR count). The van der Waals surface area contributed by atoms with Gasteiger partial charge in [-0.3, -0.25) is 14.5 Å². The summed E-state index contributed by atoms with van der Waals surface area (Å²) in [6, 6.07) is 11.3. The molecule has 1 saturated heterocycles. The Bertz CT molecular complexity index is 1150. The maximum absolute atomic E-state index is 13.3. The van der Waals surface area contributed by atoms with Gasteiger partial charge in [-0.1, -0.05) is 17.3 Å². The highest BCUT2D eigenvalue weighted by atomic mass is 19.1. The number of aromatic nitrogens is 1. The summed E-state index contributed by atoms with van der Waals surface area (Å²) in [6.07, 6.45) is 0. The van der Waals surface area contributed by atoms with Crippen molar-refractivity contribution in [2.75, 3.05) is 4.90 Å². The van der Waals surface area contributed by atoms with E-state index in [1.807, 2.05) is 0 Å². The van der Waals surface area contributed by atoms with Crippen LogP contribution in [0.5, 0.6) is 5.75 Å². The van der Waals surface area contributed by atoms with Gasteiger partial charge in [-0.15, -0.1) is 0 Å². The van der Waals surface area contributed by atoms with Crippen LogP contribution < -0.4 is 4.90 Å². The number of ketones is 1. The summed E-state index contributed by atoms with van der Waals surface area (Å²) in [5.41, 5.74) is 0.354. The Morgan fingerprint density at radius 1 is 1.14 bits per heavy atom. The van der Waals surface area contributed by atoms with Gasteiger partial charge in [-0.25, -0.2) is 4.39 Å². The van der Waals surface area contributed by atoms with Gasteiger partial charge < -0.3 is 14.7 Å². The van der Waals surface area contributed by atoms with Crippen LogP contribution in [-0.2, 0) is 9.59 Å². The van der Waals surface area contributed by atoms with E-state index in [2.05, 4.69) is 5.16 Å². The van der Waals surface area contributed by atoms with Crippen LogP contribution in [0, 0.1) is 12.7 Å². The molecule has 1 amide bonds. The van der Waals surface area contributed by atoms with E-state index in [1.165, 1.54) is 30.3 Å². The summed E-state index contributed by atoms with van der Waals surface area (Å²) >= 11 is 0. The van der Waals surface area contributed by atoms with Crippen molar-refractivity contribution in [3.63, 3.8) is 0 Å². The first-order chi connectivity index (χ1) is 13.9. The van der Waals surface area contributed by atoms with Crippen LogP contribution in [0.1, 0.15) is 22.9 Å². The lowest BCUT2D eigenvalue weighted by Gasteiger charge is -2.22. The molecule has 1 aliphatic rings. The summed E-state index contributed by atoms with van der Waals surface area (Å²) < 4.78 is 18.3. The summed E-state index contributed by atoms with van der Waals surface area (Å²) in [4.78, 5) is 26.8. The molecule has 146 valence electrons. The third-order valence-corrected chi connectivity index (χ3v) is 4.61. The molecule has 0 radical (unpaired) electrons. The number of rotatable bonds is 3. The number of amides is 1. The number of carbonyl (C=O) groups is 2. The van der Waals surface area contributed by atoms with Crippen molar-refractivity contribution in [1.82, 2.24) is 5.16 Å². The van der Waals surface area contributed by atoms with E-state index in [0.29, 0.717) is 11.3 Å². The van der Waals surface area contributed by atoms with Gasteiger partial charge in [0.25, 0.3) is 5.78 Å². The van der Waals surface area contributed by atoms with Gasteiger partial charge in [0.15, 0.2) is 5.82 Å². The maximum atomic E-state index is 13.3. The Hall–Kier alpha value is -3.94. The lowest BCUT2D eigenvalue weighted by Crippen LogP contribution is -2.29. The standard InChI is InChI=1S/C21H15FN2O5/c1-11-9-16(23-29-11)24-18(13-3-2-4-15(25)10-13)17(20(27)21(24)28)19(26)12-5-7-14(22)8-6-12/h2-10,18,25-26H,1H3/b19-17+/t18-/m0/s1. The van der Waals surface area contributed by atoms with Crippen molar-refractivity contribution in [2.45, 2.75) is 13.0 Å². The monoisotopic (exact) mass is 394 g/mol. The predicted octanol–water partition coefficient (Wildman–Crippen LogP) is 3.45. The Balaban J connectivity index is 1.95. The van der Waals surface area contributed by atoms with Gasteiger partial charge in [0.05, 0.1) is 11.6 Å². The molecule has 29 heavy (non-hydrogen) atoms. The van der Waals surface area contributed by atoms with E-state index >= 15 is 0 Å². The minimum atomic E-state index is -1.06. The zero-order chi connectivity index (χ0) is 20.7. The summed E-state index contributed by atoms with van der Waals surface area (Å²) in [5, 5.41) is 24.5. The predicted molar refractivity (Wildman–Crippen MR) is 101 cm³/mol. The molecule has 2 N–H and O–H groups in total. The number of phenolic OH excluding ortho intramolecular Hbond substituents is 1. The molecule has 1 aliphatic heterocycles. The number of anilines is 1. The number of Topliss-reactive ketones (excluding diaryl/α,β-unsaturated/α-hetero) is 1. The fraction of sp³-hybridized carbons (Fsp3) is 0.0952. The molecule has 1 atom stereocenters. The van der Waals surface area contributed by atoms with Gasteiger partial charge >= 0.3 is 5.91 Å². The van der Waals surface area contributed by atoms with Gasteiger partial charge in [0.2, 0.25) is 0 Å². The van der Waals surface area contributed by atoms with Crippen molar-refractivity contribution in [3.05, 3.63) is 82.9 Å². The zero-order valence-electron chi connectivity index (χ0n) is 15.2. The number of hydrogen-bond donors (Lipinski definition) is 2. The SMILES string of the molecule is Cc1cc(N2C(=O)C(=O)/C(=C(/O)c3ccc(F)cc3)[C@@H]2c2cccc(O)c2)no1. The molecule has 2 aromatic carbocycles. The smallest absolute Gasteiger partial charge is 0.301 e. The van der Waals surface area contributed by atoms with Crippen LogP contribution in [0.25, 0.3) is 5.76 Å². The third kappa shape index (κ3) is 3.14. The summed E-state index contributed by atoms with van der Waals surface area (Å²) in [5.74, 6) is -2.36. The van der Waals surface area contributed by atoms with E-state index in [1.54, 1.807) is 19.1 Å². The van der Waals surface area contributed by atoms with Crippen molar-refractivity contribution in [2.24, 2.45) is 0 Å². The quantitative estimate of drug-likeness (QED) is 0.401. The number of nitrogens with zero attached hydrogens (tertiary/aromatic N) is 2. The van der Waals surface area contributed by atoms with Crippen molar-refractivity contribution in [3.8, 4) is 5.75 Å². The summed E-state index contributed by atoms with van der Waals surface area (Å²) in [6.45, 7) is 1.63. The molecule has 2 heterocycles. The minimum Gasteiger partial charge on any atom is -0.508 e. The van der Waals surface area contributed by atoms with Crippen LogP contribution in [0.2, 0.25) is 0 Å². The molecule has 8 heteroatoms. The van der Waals surface area contributed by atoms with Gasteiger partial charge in [-0.05, 0) is 48.9 Å². The average Bonchev–Trinajstić information content (AvgIpc) is 3.23. The molecule has 0 saturated carbocycles. The Morgan fingerprint density at radius 3 is 2.48 bits per heavy atom. The first kappa shape index (κ1) is 18.4. The van der Waals surface area contributed by atoms with Crippen LogP contribution in [-0.4, -0.2) is 27.1 Å². The molecule has 0 spiro atoms. The Morgan fingerprint density at radius 2 is 1.86 bits per heavy atom. The highest BCUT2D eigenvalue weighted by molar-refractivity contribution is 6.51. The fourth-order valence-corrected chi connectivity index (χ4v) is 3.31. The highest BCUT2D eigenvalue weighted by Gasteiger charge is 2.48. The minimum absolute atomic E-state index is 0.0776. The average molecular weight is 394 g/mol.